The number of anilines is 2. The lowest BCUT2D eigenvalue weighted by atomic mass is 10.2. The molecular weight excluding hydrogens is 318 g/mol. The summed E-state index contributed by atoms with van der Waals surface area (Å²) < 4.78 is 1.94. The van der Waals surface area contributed by atoms with Crippen molar-refractivity contribution in [2.45, 2.75) is 25.4 Å². The smallest absolute Gasteiger partial charge is 0.313 e. The van der Waals surface area contributed by atoms with E-state index in [0.29, 0.717) is 18.8 Å². The molecule has 132 valence electrons. The summed E-state index contributed by atoms with van der Waals surface area (Å²) in [4.78, 5) is 32.5. The number of likely N-dealkylation sites (tertiary alicyclic amines) is 1. The third-order valence-corrected chi connectivity index (χ3v) is 4.45. The van der Waals surface area contributed by atoms with Gasteiger partial charge in [-0.05, 0) is 37.1 Å². The Morgan fingerprint density at radius 3 is 2.68 bits per heavy atom. The minimum atomic E-state index is -0.588. The highest BCUT2D eigenvalue weighted by atomic mass is 16.2. The van der Waals surface area contributed by atoms with Crippen molar-refractivity contribution >= 4 is 23.2 Å². The summed E-state index contributed by atoms with van der Waals surface area (Å²) in [5, 5.41) is 2.70. The Morgan fingerprint density at radius 1 is 1.28 bits per heavy atom. The number of nitrogens with one attached hydrogen (secondary N) is 1. The first-order valence-electron chi connectivity index (χ1n) is 8.39. The maximum absolute atomic E-state index is 12.5. The van der Waals surface area contributed by atoms with Crippen LogP contribution in [-0.2, 0) is 16.1 Å². The molecule has 1 saturated heterocycles. The van der Waals surface area contributed by atoms with Gasteiger partial charge in [-0.3, -0.25) is 9.59 Å². The van der Waals surface area contributed by atoms with E-state index in [1.165, 1.54) is 0 Å². The zero-order chi connectivity index (χ0) is 17.8. The van der Waals surface area contributed by atoms with Gasteiger partial charge in [0.25, 0.3) is 0 Å². The number of imidazole rings is 1. The maximum Gasteiger partial charge on any atom is 0.313 e. The second kappa shape index (κ2) is 7.38. The molecule has 1 N–H and O–H groups in total. The molecule has 2 heterocycles. The van der Waals surface area contributed by atoms with E-state index in [4.69, 9.17) is 0 Å². The summed E-state index contributed by atoms with van der Waals surface area (Å²) in [6, 6.07) is 7.43. The molecule has 0 spiro atoms. The van der Waals surface area contributed by atoms with Crippen LogP contribution >= 0.6 is 0 Å². The Kier molecular flexibility index (Phi) is 5.02. The Balaban J connectivity index is 1.62. The van der Waals surface area contributed by atoms with E-state index in [1.807, 2.05) is 41.9 Å². The molecule has 25 heavy (non-hydrogen) atoms. The van der Waals surface area contributed by atoms with Crippen molar-refractivity contribution in [1.29, 1.82) is 0 Å². The molecule has 0 bridgehead atoms. The van der Waals surface area contributed by atoms with Crippen LogP contribution in [0.15, 0.2) is 43.0 Å². The molecule has 0 saturated carbocycles. The standard InChI is InChI=1S/C18H23N5O2/c1-21(2)15-7-5-14(6-8-15)20-17(24)18(25)23-10-3-4-16(23)12-22-11-9-19-13-22/h5-9,11,13,16H,3-4,10,12H2,1-2H3,(H,20,24). The van der Waals surface area contributed by atoms with Gasteiger partial charge in [-0.15, -0.1) is 0 Å². The molecule has 7 heteroatoms. The Labute approximate surface area is 147 Å². The van der Waals surface area contributed by atoms with E-state index >= 15 is 0 Å². The van der Waals surface area contributed by atoms with E-state index in [2.05, 4.69) is 10.3 Å². The summed E-state index contributed by atoms with van der Waals surface area (Å²) in [7, 11) is 3.90. The SMILES string of the molecule is CN(C)c1ccc(NC(=O)C(=O)N2CCCC2Cn2ccnc2)cc1. The number of benzene rings is 1. The van der Waals surface area contributed by atoms with Gasteiger partial charge in [-0.2, -0.15) is 0 Å². The average molecular weight is 341 g/mol. The van der Waals surface area contributed by atoms with Gasteiger partial charge in [0.2, 0.25) is 0 Å². The number of amides is 2. The van der Waals surface area contributed by atoms with Gasteiger partial charge in [0.1, 0.15) is 0 Å². The summed E-state index contributed by atoms with van der Waals surface area (Å²) >= 11 is 0. The number of hydrogen-bond donors (Lipinski definition) is 1. The van der Waals surface area contributed by atoms with Crippen molar-refractivity contribution in [3.8, 4) is 0 Å². The van der Waals surface area contributed by atoms with Crippen LogP contribution in [0.3, 0.4) is 0 Å². The zero-order valence-electron chi connectivity index (χ0n) is 14.6. The number of nitrogens with zero attached hydrogens (tertiary/aromatic N) is 4. The van der Waals surface area contributed by atoms with E-state index in [-0.39, 0.29) is 6.04 Å². The summed E-state index contributed by atoms with van der Waals surface area (Å²) in [5.74, 6) is -1.06. The fraction of sp³-hybridized carbons (Fsp3) is 0.389. The molecule has 1 atom stereocenters. The molecule has 3 rings (SSSR count). The van der Waals surface area contributed by atoms with Gasteiger partial charge < -0.3 is 19.7 Å². The molecule has 1 aromatic carbocycles. The van der Waals surface area contributed by atoms with Crippen molar-refractivity contribution in [2.75, 3.05) is 30.9 Å². The molecule has 2 amide bonds. The van der Waals surface area contributed by atoms with Gasteiger partial charge in [0, 0.05) is 51.0 Å². The van der Waals surface area contributed by atoms with Crippen LogP contribution < -0.4 is 10.2 Å². The van der Waals surface area contributed by atoms with Crippen LogP contribution in [0.4, 0.5) is 11.4 Å². The first-order valence-corrected chi connectivity index (χ1v) is 8.39. The molecule has 7 nitrogen and oxygen atoms in total. The highest BCUT2D eigenvalue weighted by molar-refractivity contribution is 6.39. The lowest BCUT2D eigenvalue weighted by Gasteiger charge is -2.24. The molecular formula is C18H23N5O2. The first kappa shape index (κ1) is 17.0. The second-order valence-electron chi connectivity index (χ2n) is 6.45. The van der Waals surface area contributed by atoms with E-state index in [0.717, 1.165) is 18.5 Å². The van der Waals surface area contributed by atoms with E-state index in [9.17, 15) is 9.59 Å². The zero-order valence-corrected chi connectivity index (χ0v) is 14.6. The van der Waals surface area contributed by atoms with Crippen LogP contribution in [0.5, 0.6) is 0 Å². The minimum absolute atomic E-state index is 0.0311. The van der Waals surface area contributed by atoms with Gasteiger partial charge in [0.15, 0.2) is 0 Å². The third-order valence-electron chi connectivity index (χ3n) is 4.45. The maximum atomic E-state index is 12.5. The molecule has 1 fully saturated rings. The molecule has 2 aromatic rings. The Morgan fingerprint density at radius 2 is 2.04 bits per heavy atom. The second-order valence-corrected chi connectivity index (χ2v) is 6.45. The number of aromatic nitrogens is 2. The molecule has 1 aliphatic heterocycles. The van der Waals surface area contributed by atoms with Gasteiger partial charge in [0.05, 0.1) is 12.4 Å². The number of rotatable bonds is 4. The van der Waals surface area contributed by atoms with Crippen LogP contribution in [-0.4, -0.2) is 52.9 Å². The fourth-order valence-electron chi connectivity index (χ4n) is 3.09. The topological polar surface area (TPSA) is 70.5 Å². The summed E-state index contributed by atoms with van der Waals surface area (Å²) in [5.41, 5.74) is 1.65. The first-order chi connectivity index (χ1) is 12.0. The monoisotopic (exact) mass is 341 g/mol. The van der Waals surface area contributed by atoms with Crippen LogP contribution in [0.25, 0.3) is 0 Å². The Hall–Kier alpha value is -2.83. The highest BCUT2D eigenvalue weighted by Gasteiger charge is 2.32. The average Bonchev–Trinajstić information content (AvgIpc) is 3.27. The summed E-state index contributed by atoms with van der Waals surface area (Å²) in [6.45, 7) is 1.28. The van der Waals surface area contributed by atoms with Crippen molar-refractivity contribution in [2.24, 2.45) is 0 Å². The predicted octanol–water partition coefficient (Wildman–Crippen LogP) is 1.58. The van der Waals surface area contributed by atoms with Gasteiger partial charge in [-0.1, -0.05) is 0 Å². The van der Waals surface area contributed by atoms with Crippen LogP contribution in [0.2, 0.25) is 0 Å². The quantitative estimate of drug-likeness (QED) is 0.857. The summed E-state index contributed by atoms with van der Waals surface area (Å²) in [6.07, 6.45) is 7.12. The van der Waals surface area contributed by atoms with Crippen molar-refractivity contribution in [1.82, 2.24) is 14.5 Å². The molecule has 1 aromatic heterocycles. The highest BCUT2D eigenvalue weighted by Crippen LogP contribution is 2.20. The number of carbonyl (C=O) groups is 2. The van der Waals surface area contributed by atoms with Crippen molar-refractivity contribution < 1.29 is 9.59 Å². The van der Waals surface area contributed by atoms with E-state index in [1.54, 1.807) is 29.6 Å². The van der Waals surface area contributed by atoms with Crippen molar-refractivity contribution in [3.05, 3.63) is 43.0 Å². The molecule has 1 unspecified atom stereocenters. The van der Waals surface area contributed by atoms with Gasteiger partial charge in [-0.25, -0.2) is 4.98 Å². The largest absolute Gasteiger partial charge is 0.378 e. The van der Waals surface area contributed by atoms with Gasteiger partial charge >= 0.3 is 11.8 Å². The van der Waals surface area contributed by atoms with Crippen molar-refractivity contribution in [3.63, 3.8) is 0 Å². The van der Waals surface area contributed by atoms with E-state index < -0.39 is 11.8 Å². The molecule has 1 aliphatic rings. The normalized spacial score (nSPS) is 16.7. The lowest BCUT2D eigenvalue weighted by Crippen LogP contribution is -2.44. The number of carbonyl (C=O) groups excluding carboxylic acids is 2. The number of hydrogen-bond acceptors (Lipinski definition) is 4. The van der Waals surface area contributed by atoms with Crippen LogP contribution in [0.1, 0.15) is 12.8 Å². The fourth-order valence-corrected chi connectivity index (χ4v) is 3.09. The Bertz CT molecular complexity index is 724. The van der Waals surface area contributed by atoms with Crippen LogP contribution in [0, 0.1) is 0 Å². The molecule has 0 aliphatic carbocycles. The molecule has 0 radical (unpaired) electrons. The minimum Gasteiger partial charge on any atom is -0.378 e. The predicted molar refractivity (Wildman–Crippen MR) is 96.4 cm³/mol. The third kappa shape index (κ3) is 3.99. The lowest BCUT2D eigenvalue weighted by molar-refractivity contribution is -0.143.